The molecular weight excluding hydrogens is 240 g/mol. The third-order valence-corrected chi connectivity index (χ3v) is 3.36. The Morgan fingerprint density at radius 2 is 2.00 bits per heavy atom. The van der Waals surface area contributed by atoms with Crippen molar-refractivity contribution >= 4 is 5.69 Å². The first-order valence-electron chi connectivity index (χ1n) is 6.66. The molecule has 0 amide bonds. The molecule has 0 unspecified atom stereocenters. The summed E-state index contributed by atoms with van der Waals surface area (Å²) in [4.78, 5) is 0. The number of nitrogens with zero attached hydrogens (tertiary/aromatic N) is 3. The van der Waals surface area contributed by atoms with Crippen molar-refractivity contribution in [3.8, 4) is 11.4 Å². The molecule has 1 aromatic heterocycles. The van der Waals surface area contributed by atoms with Crippen molar-refractivity contribution in [3.63, 3.8) is 0 Å². The van der Waals surface area contributed by atoms with E-state index in [4.69, 9.17) is 5.11 Å². The Hall–Kier alpha value is -1.88. The van der Waals surface area contributed by atoms with Gasteiger partial charge in [-0.3, -0.25) is 0 Å². The number of aromatic nitrogens is 3. The summed E-state index contributed by atoms with van der Waals surface area (Å²) in [6.45, 7) is 2.71. The van der Waals surface area contributed by atoms with E-state index >= 15 is 0 Å². The van der Waals surface area contributed by atoms with Crippen molar-refractivity contribution < 1.29 is 5.11 Å². The van der Waals surface area contributed by atoms with Crippen LogP contribution in [-0.2, 0) is 0 Å². The summed E-state index contributed by atoms with van der Waals surface area (Å²) in [5, 5.41) is 20.4. The van der Waals surface area contributed by atoms with Crippen LogP contribution < -0.4 is 5.32 Å². The fraction of sp³-hybridized carbons (Fsp3) is 0.429. The van der Waals surface area contributed by atoms with E-state index in [0.717, 1.165) is 22.9 Å². The van der Waals surface area contributed by atoms with E-state index in [-0.39, 0.29) is 6.61 Å². The molecule has 19 heavy (non-hydrogen) atoms. The molecule has 2 N–H and O–H groups in total. The number of anilines is 1. The SMILES string of the molecule is Cc1nnc(-c2ccc(NCCO)cc2)n1C1CC1. The van der Waals surface area contributed by atoms with Gasteiger partial charge in [0.15, 0.2) is 5.82 Å². The molecule has 0 spiro atoms. The molecule has 0 radical (unpaired) electrons. The first-order chi connectivity index (χ1) is 9.29. The Bertz CT molecular complexity index is 557. The van der Waals surface area contributed by atoms with Gasteiger partial charge in [0.05, 0.1) is 6.61 Å². The van der Waals surface area contributed by atoms with Gasteiger partial charge in [-0.25, -0.2) is 0 Å². The van der Waals surface area contributed by atoms with Crippen molar-refractivity contribution in [1.82, 2.24) is 14.8 Å². The van der Waals surface area contributed by atoms with Crippen molar-refractivity contribution in [2.24, 2.45) is 0 Å². The summed E-state index contributed by atoms with van der Waals surface area (Å²) in [6, 6.07) is 8.68. The van der Waals surface area contributed by atoms with Gasteiger partial charge in [0.2, 0.25) is 0 Å². The minimum absolute atomic E-state index is 0.136. The Balaban J connectivity index is 1.86. The third-order valence-electron chi connectivity index (χ3n) is 3.36. The molecule has 0 saturated heterocycles. The van der Waals surface area contributed by atoms with Gasteiger partial charge >= 0.3 is 0 Å². The molecule has 100 valence electrons. The molecule has 2 aromatic rings. The Kier molecular flexibility index (Phi) is 3.21. The molecule has 5 heteroatoms. The number of aliphatic hydroxyl groups excluding tert-OH is 1. The van der Waals surface area contributed by atoms with Gasteiger partial charge < -0.3 is 15.0 Å². The highest BCUT2D eigenvalue weighted by Gasteiger charge is 2.28. The number of aliphatic hydroxyl groups is 1. The lowest BCUT2D eigenvalue weighted by atomic mass is 10.2. The van der Waals surface area contributed by atoms with Crippen LogP contribution in [0.3, 0.4) is 0 Å². The summed E-state index contributed by atoms with van der Waals surface area (Å²) >= 11 is 0. The predicted octanol–water partition coefficient (Wildman–Crippen LogP) is 1.99. The number of rotatable bonds is 5. The second-order valence-corrected chi connectivity index (χ2v) is 4.90. The molecule has 1 aromatic carbocycles. The van der Waals surface area contributed by atoms with E-state index in [0.29, 0.717) is 12.6 Å². The summed E-state index contributed by atoms with van der Waals surface area (Å²) in [5.74, 6) is 1.94. The molecule has 5 nitrogen and oxygen atoms in total. The highest BCUT2D eigenvalue weighted by atomic mass is 16.3. The van der Waals surface area contributed by atoms with Gasteiger partial charge in [0, 0.05) is 23.8 Å². The van der Waals surface area contributed by atoms with E-state index < -0.39 is 0 Å². The summed E-state index contributed by atoms with van der Waals surface area (Å²) in [6.07, 6.45) is 2.45. The van der Waals surface area contributed by atoms with Gasteiger partial charge in [-0.2, -0.15) is 0 Å². The number of hydrogen-bond donors (Lipinski definition) is 2. The van der Waals surface area contributed by atoms with Crippen molar-refractivity contribution in [2.75, 3.05) is 18.5 Å². The molecule has 0 aliphatic heterocycles. The maximum Gasteiger partial charge on any atom is 0.164 e. The topological polar surface area (TPSA) is 63.0 Å². The van der Waals surface area contributed by atoms with Crippen LogP contribution >= 0.6 is 0 Å². The number of nitrogens with one attached hydrogen (secondary N) is 1. The maximum atomic E-state index is 8.78. The number of aryl methyl sites for hydroxylation is 1. The first kappa shape index (κ1) is 12.2. The average molecular weight is 258 g/mol. The van der Waals surface area contributed by atoms with Gasteiger partial charge in [-0.05, 0) is 44.0 Å². The van der Waals surface area contributed by atoms with Crippen LogP contribution in [0.1, 0.15) is 24.7 Å². The zero-order valence-electron chi connectivity index (χ0n) is 11.0. The van der Waals surface area contributed by atoms with E-state index in [2.05, 4.69) is 20.1 Å². The highest BCUT2D eigenvalue weighted by Crippen LogP contribution is 2.38. The lowest BCUT2D eigenvalue weighted by Gasteiger charge is -2.08. The van der Waals surface area contributed by atoms with Gasteiger partial charge in [0.25, 0.3) is 0 Å². The normalized spacial score (nSPS) is 14.6. The third kappa shape index (κ3) is 2.46. The van der Waals surface area contributed by atoms with E-state index in [1.54, 1.807) is 0 Å². The van der Waals surface area contributed by atoms with E-state index in [9.17, 15) is 0 Å². The lowest BCUT2D eigenvalue weighted by molar-refractivity contribution is 0.311. The first-order valence-corrected chi connectivity index (χ1v) is 6.66. The Labute approximate surface area is 112 Å². The van der Waals surface area contributed by atoms with Crippen LogP contribution in [0.5, 0.6) is 0 Å². The van der Waals surface area contributed by atoms with Gasteiger partial charge in [-0.15, -0.1) is 10.2 Å². The molecule has 3 rings (SSSR count). The molecule has 1 aliphatic rings. The zero-order chi connectivity index (χ0) is 13.2. The molecule has 1 fully saturated rings. The summed E-state index contributed by atoms with van der Waals surface area (Å²) < 4.78 is 2.23. The molecule has 1 heterocycles. The zero-order valence-corrected chi connectivity index (χ0v) is 11.0. The smallest absolute Gasteiger partial charge is 0.164 e. The highest BCUT2D eigenvalue weighted by molar-refractivity contribution is 5.60. The minimum Gasteiger partial charge on any atom is -0.395 e. The minimum atomic E-state index is 0.136. The second kappa shape index (κ2) is 5.01. The fourth-order valence-corrected chi connectivity index (χ4v) is 2.27. The van der Waals surface area contributed by atoms with Crippen molar-refractivity contribution in [1.29, 1.82) is 0 Å². The quantitative estimate of drug-likeness (QED) is 0.861. The van der Waals surface area contributed by atoms with Crippen molar-refractivity contribution in [3.05, 3.63) is 30.1 Å². The molecule has 1 aliphatic carbocycles. The Morgan fingerprint density at radius 3 is 2.63 bits per heavy atom. The largest absolute Gasteiger partial charge is 0.395 e. The number of hydrogen-bond acceptors (Lipinski definition) is 4. The standard InChI is InChI=1S/C14H18N4O/c1-10-16-17-14(18(10)13-6-7-13)11-2-4-12(5-3-11)15-8-9-19/h2-5,13,15,19H,6-9H2,1H3. The summed E-state index contributed by atoms with van der Waals surface area (Å²) in [7, 11) is 0. The predicted molar refractivity (Wildman–Crippen MR) is 74.0 cm³/mol. The molecule has 0 atom stereocenters. The van der Waals surface area contributed by atoms with E-state index in [1.165, 1.54) is 12.8 Å². The lowest BCUT2D eigenvalue weighted by Crippen LogP contribution is -2.05. The van der Waals surface area contributed by atoms with Crippen LogP contribution in [0, 0.1) is 6.92 Å². The van der Waals surface area contributed by atoms with Gasteiger partial charge in [-0.1, -0.05) is 0 Å². The second-order valence-electron chi connectivity index (χ2n) is 4.90. The van der Waals surface area contributed by atoms with Crippen LogP contribution in [0.2, 0.25) is 0 Å². The Morgan fingerprint density at radius 1 is 1.26 bits per heavy atom. The fourth-order valence-electron chi connectivity index (χ4n) is 2.27. The van der Waals surface area contributed by atoms with Crippen LogP contribution in [0.15, 0.2) is 24.3 Å². The van der Waals surface area contributed by atoms with Crippen molar-refractivity contribution in [2.45, 2.75) is 25.8 Å². The summed E-state index contributed by atoms with van der Waals surface area (Å²) in [5.41, 5.74) is 2.09. The monoisotopic (exact) mass is 258 g/mol. The molecular formula is C14H18N4O. The molecule has 0 bridgehead atoms. The molecule has 1 saturated carbocycles. The van der Waals surface area contributed by atoms with Crippen LogP contribution in [0.25, 0.3) is 11.4 Å². The van der Waals surface area contributed by atoms with Gasteiger partial charge in [0.1, 0.15) is 5.82 Å². The van der Waals surface area contributed by atoms with Crippen LogP contribution in [0.4, 0.5) is 5.69 Å². The number of benzene rings is 1. The van der Waals surface area contributed by atoms with Crippen LogP contribution in [-0.4, -0.2) is 33.0 Å². The van der Waals surface area contributed by atoms with E-state index in [1.807, 2.05) is 31.2 Å². The average Bonchev–Trinajstić information content (AvgIpc) is 3.20. The maximum absolute atomic E-state index is 8.78.